The van der Waals surface area contributed by atoms with E-state index >= 15 is 0 Å². The van der Waals surface area contributed by atoms with Crippen molar-refractivity contribution < 1.29 is 14.3 Å². The molecule has 2 amide bonds. The Morgan fingerprint density at radius 1 is 1.11 bits per heavy atom. The third kappa shape index (κ3) is 5.57. The number of hydrogen-bond donors (Lipinski definition) is 1. The Labute approximate surface area is 225 Å². The fraction of sp³-hybridized carbons (Fsp3) is 0.321. The third-order valence-corrected chi connectivity index (χ3v) is 7.36. The molecule has 36 heavy (non-hydrogen) atoms. The smallest absolute Gasteiger partial charge is 0.410 e. The summed E-state index contributed by atoms with van der Waals surface area (Å²) in [5.41, 5.74) is 5.82. The van der Waals surface area contributed by atoms with E-state index in [0.717, 1.165) is 32.3 Å². The van der Waals surface area contributed by atoms with Gasteiger partial charge in [0.2, 0.25) is 0 Å². The fourth-order valence-electron chi connectivity index (χ4n) is 4.26. The van der Waals surface area contributed by atoms with Crippen LogP contribution in [-0.2, 0) is 17.7 Å². The maximum Gasteiger partial charge on any atom is 0.410 e. The number of halogens is 2. The number of rotatable bonds is 3. The largest absolute Gasteiger partial charge is 0.444 e. The molecule has 1 aliphatic rings. The van der Waals surface area contributed by atoms with E-state index in [-0.39, 0.29) is 17.7 Å². The topological polar surface area (TPSA) is 71.5 Å². The molecule has 0 radical (unpaired) electrons. The van der Waals surface area contributed by atoms with Crippen LogP contribution in [0.3, 0.4) is 0 Å². The van der Waals surface area contributed by atoms with Crippen molar-refractivity contribution in [1.82, 2.24) is 9.88 Å². The van der Waals surface area contributed by atoms with Crippen molar-refractivity contribution in [2.24, 2.45) is 0 Å². The maximum absolute atomic E-state index is 13.2. The van der Waals surface area contributed by atoms with Gasteiger partial charge in [-0.1, -0.05) is 51.8 Å². The van der Waals surface area contributed by atoms with Crippen molar-refractivity contribution in [2.45, 2.75) is 53.2 Å². The molecule has 188 valence electrons. The normalized spacial score (nSPS) is 13.2. The summed E-state index contributed by atoms with van der Waals surface area (Å²) in [7, 11) is 0. The van der Waals surface area contributed by atoms with Crippen molar-refractivity contribution in [3.05, 3.63) is 80.0 Å². The molecule has 0 saturated carbocycles. The van der Waals surface area contributed by atoms with Gasteiger partial charge in [-0.3, -0.25) is 4.79 Å². The molecule has 2 heterocycles. The molecule has 2 aromatic carbocycles. The van der Waals surface area contributed by atoms with Crippen LogP contribution in [0, 0.1) is 13.8 Å². The minimum Gasteiger partial charge on any atom is -0.444 e. The molecule has 4 rings (SSSR count). The van der Waals surface area contributed by atoms with Crippen LogP contribution in [0.5, 0.6) is 0 Å². The van der Waals surface area contributed by atoms with E-state index < -0.39 is 5.60 Å². The van der Waals surface area contributed by atoms with Crippen LogP contribution in [0.15, 0.2) is 46.9 Å². The van der Waals surface area contributed by atoms with Crippen molar-refractivity contribution in [1.29, 1.82) is 0 Å². The Balaban J connectivity index is 1.59. The fourth-order valence-corrected chi connectivity index (χ4v) is 4.91. The average molecular weight is 571 g/mol. The molecule has 0 aliphatic carbocycles. The van der Waals surface area contributed by atoms with E-state index in [4.69, 9.17) is 16.3 Å². The van der Waals surface area contributed by atoms with E-state index in [2.05, 4.69) is 26.2 Å². The Morgan fingerprint density at radius 3 is 2.53 bits per heavy atom. The number of aromatic nitrogens is 1. The first kappa shape index (κ1) is 26.2. The van der Waals surface area contributed by atoms with Gasteiger partial charge in [0, 0.05) is 16.6 Å². The number of benzene rings is 2. The number of carbonyl (C=O) groups excluding carboxylic acids is 2. The molecule has 1 aromatic heterocycles. The summed E-state index contributed by atoms with van der Waals surface area (Å²) in [6, 6.07) is 13.3. The van der Waals surface area contributed by atoms with Crippen molar-refractivity contribution >= 4 is 45.2 Å². The Morgan fingerprint density at radius 2 is 1.81 bits per heavy atom. The number of aryl methyl sites for hydroxylation is 1. The first-order valence-corrected chi connectivity index (χ1v) is 12.9. The van der Waals surface area contributed by atoms with E-state index in [0.29, 0.717) is 35.9 Å². The standard InChI is InChI=1S/C28H29BrClN3O3/c1-16-14-23(31-24-15-33(13-12-18(16)24)27(35)36-28(3,4)5)26(34)32-22-11-7-9-20(25(22)30)19-8-6-10-21(29)17(19)2/h6-11,14H,12-13,15H2,1-5H3,(H,32,34). The monoisotopic (exact) mass is 569 g/mol. The summed E-state index contributed by atoms with van der Waals surface area (Å²) in [5.74, 6) is -0.361. The Hall–Kier alpha value is -2.90. The summed E-state index contributed by atoms with van der Waals surface area (Å²) >= 11 is 10.3. The maximum atomic E-state index is 13.2. The number of nitrogens with zero attached hydrogens (tertiary/aromatic N) is 2. The van der Waals surface area contributed by atoms with E-state index in [1.54, 1.807) is 17.0 Å². The molecule has 3 aromatic rings. The minimum absolute atomic E-state index is 0.275. The molecule has 1 aliphatic heterocycles. The van der Waals surface area contributed by atoms with Gasteiger partial charge in [0.15, 0.2) is 0 Å². The zero-order valence-corrected chi connectivity index (χ0v) is 23.4. The molecule has 6 nitrogen and oxygen atoms in total. The van der Waals surface area contributed by atoms with Gasteiger partial charge in [-0.05, 0) is 81.5 Å². The number of amides is 2. The van der Waals surface area contributed by atoms with Gasteiger partial charge in [0.05, 0.1) is 22.9 Å². The van der Waals surface area contributed by atoms with Crippen LogP contribution < -0.4 is 5.32 Å². The number of carbonyl (C=O) groups is 2. The lowest BCUT2D eigenvalue weighted by atomic mass is 9.99. The lowest BCUT2D eigenvalue weighted by Crippen LogP contribution is -2.40. The van der Waals surface area contributed by atoms with Gasteiger partial charge in [0.25, 0.3) is 5.91 Å². The first-order valence-electron chi connectivity index (χ1n) is 11.8. The van der Waals surface area contributed by atoms with Gasteiger partial charge < -0.3 is 15.0 Å². The minimum atomic E-state index is -0.579. The van der Waals surface area contributed by atoms with Gasteiger partial charge in [-0.25, -0.2) is 9.78 Å². The van der Waals surface area contributed by atoms with Crippen LogP contribution in [0.2, 0.25) is 5.02 Å². The van der Waals surface area contributed by atoms with Crippen LogP contribution in [0.25, 0.3) is 11.1 Å². The number of nitrogens with one attached hydrogen (secondary N) is 1. The molecule has 0 saturated heterocycles. The number of pyridine rings is 1. The lowest BCUT2D eigenvalue weighted by Gasteiger charge is -2.31. The highest BCUT2D eigenvalue weighted by atomic mass is 79.9. The summed E-state index contributed by atoms with van der Waals surface area (Å²) in [6.07, 6.45) is 0.281. The van der Waals surface area contributed by atoms with Crippen molar-refractivity contribution in [3.8, 4) is 11.1 Å². The summed E-state index contributed by atoms with van der Waals surface area (Å²) in [5, 5.41) is 3.38. The van der Waals surface area contributed by atoms with Crippen LogP contribution in [0.4, 0.5) is 10.5 Å². The molecule has 8 heteroatoms. The molecule has 0 unspecified atom stereocenters. The summed E-state index contributed by atoms with van der Waals surface area (Å²) in [4.78, 5) is 32.1. The lowest BCUT2D eigenvalue weighted by molar-refractivity contribution is 0.0220. The SMILES string of the molecule is Cc1cc(C(=O)Nc2cccc(-c3cccc(Br)c3C)c2Cl)nc2c1CCN(C(=O)OC(C)(C)C)C2. The predicted octanol–water partition coefficient (Wildman–Crippen LogP) is 7.33. The zero-order valence-electron chi connectivity index (χ0n) is 21.0. The van der Waals surface area contributed by atoms with E-state index in [1.807, 2.05) is 65.0 Å². The van der Waals surface area contributed by atoms with E-state index in [1.165, 1.54) is 0 Å². The highest BCUT2D eigenvalue weighted by Gasteiger charge is 2.28. The zero-order chi connectivity index (χ0) is 26.2. The Bertz CT molecular complexity index is 1350. The average Bonchev–Trinajstić information content (AvgIpc) is 2.81. The number of ether oxygens (including phenoxy) is 1. The Kier molecular flexibility index (Phi) is 7.43. The predicted molar refractivity (Wildman–Crippen MR) is 147 cm³/mol. The first-order chi connectivity index (χ1) is 16.9. The molecule has 0 fully saturated rings. The molecular weight excluding hydrogens is 542 g/mol. The van der Waals surface area contributed by atoms with E-state index in [9.17, 15) is 9.59 Å². The van der Waals surface area contributed by atoms with Crippen molar-refractivity contribution in [2.75, 3.05) is 11.9 Å². The van der Waals surface area contributed by atoms with Gasteiger partial charge in [-0.2, -0.15) is 0 Å². The summed E-state index contributed by atoms with van der Waals surface area (Å²) in [6.45, 7) is 10.3. The quantitative estimate of drug-likeness (QED) is 0.358. The molecule has 0 spiro atoms. The van der Waals surface area contributed by atoms with Gasteiger partial charge >= 0.3 is 6.09 Å². The molecule has 0 atom stereocenters. The second-order valence-electron chi connectivity index (χ2n) is 9.94. The summed E-state index contributed by atoms with van der Waals surface area (Å²) < 4.78 is 6.50. The molecule has 1 N–H and O–H groups in total. The number of anilines is 1. The molecular formula is C28H29BrClN3O3. The number of fused-ring (bicyclic) bond motifs is 1. The highest BCUT2D eigenvalue weighted by Crippen LogP contribution is 2.37. The second kappa shape index (κ2) is 10.2. The van der Waals surface area contributed by atoms with Gasteiger partial charge in [0.1, 0.15) is 11.3 Å². The highest BCUT2D eigenvalue weighted by molar-refractivity contribution is 9.10. The number of hydrogen-bond acceptors (Lipinski definition) is 4. The van der Waals surface area contributed by atoms with Crippen LogP contribution in [-0.4, -0.2) is 34.0 Å². The van der Waals surface area contributed by atoms with Crippen LogP contribution in [0.1, 0.15) is 53.6 Å². The van der Waals surface area contributed by atoms with Crippen molar-refractivity contribution in [3.63, 3.8) is 0 Å². The van der Waals surface area contributed by atoms with Crippen LogP contribution >= 0.6 is 27.5 Å². The van der Waals surface area contributed by atoms with Gasteiger partial charge in [-0.15, -0.1) is 0 Å². The third-order valence-electron chi connectivity index (χ3n) is 6.09. The second-order valence-corrected chi connectivity index (χ2v) is 11.2. The molecule has 0 bridgehead atoms.